The van der Waals surface area contributed by atoms with E-state index in [2.05, 4.69) is 16.4 Å². The van der Waals surface area contributed by atoms with Gasteiger partial charge in [0.05, 0.1) is 6.04 Å². The Morgan fingerprint density at radius 2 is 2.55 bits per heavy atom. The molecule has 4 N–H and O–H groups in total. The summed E-state index contributed by atoms with van der Waals surface area (Å²) < 4.78 is 0. The van der Waals surface area contributed by atoms with E-state index in [4.69, 9.17) is 17.4 Å². The monoisotopic (exact) mass is 155 g/mol. The zero-order valence-corrected chi connectivity index (χ0v) is 6.54. The summed E-state index contributed by atoms with van der Waals surface area (Å²) in [5.74, 6) is 2.64. The van der Waals surface area contributed by atoms with Gasteiger partial charge in [-0.2, -0.15) is 0 Å². The molecule has 0 radical (unpaired) electrons. The lowest BCUT2D eigenvalue weighted by Gasteiger charge is -2.09. The molecule has 4 nitrogen and oxygen atoms in total. The molecule has 62 valence electrons. The van der Waals surface area contributed by atoms with Gasteiger partial charge in [-0.05, 0) is 6.92 Å². The second kappa shape index (κ2) is 5.57. The van der Waals surface area contributed by atoms with Crippen LogP contribution in [0.3, 0.4) is 0 Å². The quantitative estimate of drug-likeness (QED) is 0.131. The molecule has 0 aromatic carbocycles. The van der Waals surface area contributed by atoms with Crippen molar-refractivity contribution in [3.05, 3.63) is 0 Å². The highest BCUT2D eigenvalue weighted by molar-refractivity contribution is 5.84. The molecule has 11 heavy (non-hydrogen) atoms. The Labute approximate surface area is 66.5 Å². The van der Waals surface area contributed by atoms with E-state index in [0.29, 0.717) is 13.0 Å². The normalized spacial score (nSPS) is 14.0. The highest BCUT2D eigenvalue weighted by Gasteiger charge is 2.04. The molecule has 0 aromatic heterocycles. The van der Waals surface area contributed by atoms with Crippen LogP contribution in [0.2, 0.25) is 0 Å². The lowest BCUT2D eigenvalue weighted by Crippen LogP contribution is -2.39. The maximum absolute atomic E-state index is 8.24. The molecule has 1 unspecified atom stereocenters. The van der Waals surface area contributed by atoms with Crippen LogP contribution in [-0.2, 0) is 0 Å². The van der Waals surface area contributed by atoms with Crippen LogP contribution in [-0.4, -0.2) is 23.6 Å². The van der Waals surface area contributed by atoms with Crippen LogP contribution in [0, 0.1) is 12.3 Å². The third-order valence-electron chi connectivity index (χ3n) is 1.28. The SMILES string of the molecule is C#CCCNC(C)C(N)=NO. The predicted molar refractivity (Wildman–Crippen MR) is 44.3 cm³/mol. The second-order valence-electron chi connectivity index (χ2n) is 2.15. The first-order valence-electron chi connectivity index (χ1n) is 3.36. The first kappa shape index (κ1) is 9.79. The third-order valence-corrected chi connectivity index (χ3v) is 1.28. The molecular formula is C7H13N3O. The maximum Gasteiger partial charge on any atom is 0.156 e. The standard InChI is InChI=1S/C7H13N3O/c1-3-4-5-9-6(2)7(8)10-11/h1,6,9,11H,4-5H2,2H3,(H2,8,10). The van der Waals surface area contributed by atoms with E-state index in [9.17, 15) is 0 Å². The Morgan fingerprint density at radius 3 is 3.00 bits per heavy atom. The van der Waals surface area contributed by atoms with E-state index in [-0.39, 0.29) is 11.9 Å². The lowest BCUT2D eigenvalue weighted by atomic mass is 10.3. The number of oxime groups is 1. The van der Waals surface area contributed by atoms with Gasteiger partial charge in [0.1, 0.15) is 0 Å². The van der Waals surface area contributed by atoms with Crippen molar-refractivity contribution < 1.29 is 5.21 Å². The van der Waals surface area contributed by atoms with Gasteiger partial charge in [0.25, 0.3) is 0 Å². The van der Waals surface area contributed by atoms with E-state index in [0.717, 1.165) is 0 Å². The molecule has 1 atom stereocenters. The molecule has 0 saturated carbocycles. The minimum atomic E-state index is -0.131. The zero-order valence-electron chi connectivity index (χ0n) is 6.54. The fraction of sp³-hybridized carbons (Fsp3) is 0.571. The van der Waals surface area contributed by atoms with Gasteiger partial charge < -0.3 is 16.3 Å². The fourth-order valence-electron chi connectivity index (χ4n) is 0.552. The summed E-state index contributed by atoms with van der Waals surface area (Å²) in [5.41, 5.74) is 5.28. The second-order valence-corrected chi connectivity index (χ2v) is 2.15. The van der Waals surface area contributed by atoms with Gasteiger partial charge in [-0.1, -0.05) is 5.16 Å². The van der Waals surface area contributed by atoms with Crippen LogP contribution in [0.25, 0.3) is 0 Å². The minimum absolute atomic E-state index is 0.131. The number of amidine groups is 1. The van der Waals surface area contributed by atoms with E-state index < -0.39 is 0 Å². The van der Waals surface area contributed by atoms with Crippen LogP contribution < -0.4 is 11.1 Å². The third kappa shape index (κ3) is 4.23. The molecule has 0 amide bonds. The Morgan fingerprint density at radius 1 is 1.91 bits per heavy atom. The zero-order chi connectivity index (χ0) is 8.69. The minimum Gasteiger partial charge on any atom is -0.409 e. The average Bonchev–Trinajstić information content (AvgIpc) is 2.03. The highest BCUT2D eigenvalue weighted by Crippen LogP contribution is 1.81. The summed E-state index contributed by atoms with van der Waals surface area (Å²) in [4.78, 5) is 0. The molecule has 0 rings (SSSR count). The van der Waals surface area contributed by atoms with Crippen LogP contribution in [0.1, 0.15) is 13.3 Å². The number of terminal acetylenes is 1. The van der Waals surface area contributed by atoms with Gasteiger partial charge in [-0.15, -0.1) is 12.3 Å². The van der Waals surface area contributed by atoms with Crippen LogP contribution >= 0.6 is 0 Å². The van der Waals surface area contributed by atoms with E-state index in [1.165, 1.54) is 0 Å². The van der Waals surface area contributed by atoms with E-state index in [1.54, 1.807) is 6.92 Å². The van der Waals surface area contributed by atoms with Gasteiger partial charge in [-0.25, -0.2) is 0 Å². The molecular weight excluding hydrogens is 142 g/mol. The molecule has 0 fully saturated rings. The van der Waals surface area contributed by atoms with Gasteiger partial charge in [0.2, 0.25) is 0 Å². The Kier molecular flexibility index (Phi) is 4.95. The smallest absolute Gasteiger partial charge is 0.156 e. The molecule has 0 aliphatic carbocycles. The van der Waals surface area contributed by atoms with Gasteiger partial charge in [-0.3, -0.25) is 0 Å². The molecule has 0 spiro atoms. The summed E-state index contributed by atoms with van der Waals surface area (Å²) in [5, 5.41) is 14.1. The number of rotatable bonds is 4. The molecule has 0 heterocycles. The first-order chi connectivity index (χ1) is 5.22. The summed E-state index contributed by atoms with van der Waals surface area (Å²) in [7, 11) is 0. The van der Waals surface area contributed by atoms with Crippen molar-refractivity contribution in [2.24, 2.45) is 10.9 Å². The van der Waals surface area contributed by atoms with Crippen molar-refractivity contribution in [1.82, 2.24) is 5.32 Å². The van der Waals surface area contributed by atoms with E-state index >= 15 is 0 Å². The Bertz CT molecular complexity index is 171. The fourth-order valence-corrected chi connectivity index (χ4v) is 0.552. The van der Waals surface area contributed by atoms with Gasteiger partial charge in [0, 0.05) is 13.0 Å². The lowest BCUT2D eigenvalue weighted by molar-refractivity contribution is 0.315. The number of nitrogens with two attached hydrogens (primary N) is 1. The van der Waals surface area contributed by atoms with Crippen molar-refractivity contribution in [2.45, 2.75) is 19.4 Å². The van der Waals surface area contributed by atoms with Crippen molar-refractivity contribution >= 4 is 5.84 Å². The summed E-state index contributed by atoms with van der Waals surface area (Å²) in [6, 6.07) is -0.131. The van der Waals surface area contributed by atoms with Crippen LogP contribution in [0.5, 0.6) is 0 Å². The molecule has 0 saturated heterocycles. The van der Waals surface area contributed by atoms with E-state index in [1.807, 2.05) is 0 Å². The summed E-state index contributed by atoms with van der Waals surface area (Å²) in [6.45, 7) is 2.47. The average molecular weight is 155 g/mol. The summed E-state index contributed by atoms with van der Waals surface area (Å²) in [6.07, 6.45) is 5.66. The van der Waals surface area contributed by atoms with Crippen molar-refractivity contribution in [1.29, 1.82) is 0 Å². The number of hydrogen-bond donors (Lipinski definition) is 3. The Balaban J connectivity index is 3.54. The van der Waals surface area contributed by atoms with Gasteiger partial charge in [0.15, 0.2) is 5.84 Å². The van der Waals surface area contributed by atoms with Crippen molar-refractivity contribution in [2.75, 3.05) is 6.54 Å². The molecule has 0 aliphatic heterocycles. The molecule has 0 bridgehead atoms. The predicted octanol–water partition coefficient (Wildman–Crippen LogP) is -0.266. The number of nitrogens with zero attached hydrogens (tertiary/aromatic N) is 1. The first-order valence-corrected chi connectivity index (χ1v) is 3.36. The maximum atomic E-state index is 8.24. The molecule has 0 aromatic rings. The topological polar surface area (TPSA) is 70.6 Å². The molecule has 4 heteroatoms. The van der Waals surface area contributed by atoms with Crippen molar-refractivity contribution in [3.63, 3.8) is 0 Å². The molecule has 0 aliphatic rings. The van der Waals surface area contributed by atoms with Crippen LogP contribution in [0.15, 0.2) is 5.16 Å². The largest absolute Gasteiger partial charge is 0.409 e. The van der Waals surface area contributed by atoms with Crippen molar-refractivity contribution in [3.8, 4) is 12.3 Å². The van der Waals surface area contributed by atoms with Crippen LogP contribution in [0.4, 0.5) is 0 Å². The number of nitrogens with one attached hydrogen (secondary N) is 1. The summed E-state index contributed by atoms with van der Waals surface area (Å²) >= 11 is 0. The highest BCUT2D eigenvalue weighted by atomic mass is 16.4. The Hall–Kier alpha value is -1.21. The van der Waals surface area contributed by atoms with Gasteiger partial charge >= 0.3 is 0 Å². The number of hydrogen-bond acceptors (Lipinski definition) is 3.